The predicted molar refractivity (Wildman–Crippen MR) is 227 cm³/mol. The third-order valence-corrected chi connectivity index (χ3v) is 10.8. The summed E-state index contributed by atoms with van der Waals surface area (Å²) in [6.45, 7) is 4.86. The number of rotatable bonds is 43. The Labute approximate surface area is 329 Å². The van der Waals surface area contributed by atoms with E-state index < -0.39 is 12.1 Å². The highest BCUT2D eigenvalue weighted by atomic mass is 16.5. The lowest BCUT2D eigenvalue weighted by molar-refractivity contribution is -0.143. The molecule has 0 heterocycles. The Hall–Kier alpha value is -1.40. The van der Waals surface area contributed by atoms with E-state index in [9.17, 15) is 19.8 Å². The van der Waals surface area contributed by atoms with Crippen LogP contribution in [0, 0.1) is 0 Å². The van der Waals surface area contributed by atoms with Gasteiger partial charge in [-0.25, -0.2) is 0 Å². The van der Waals surface area contributed by atoms with Gasteiger partial charge < -0.3 is 20.3 Å². The van der Waals surface area contributed by atoms with Crippen molar-refractivity contribution >= 4 is 11.9 Å². The van der Waals surface area contributed by atoms with E-state index in [0.717, 1.165) is 57.8 Å². The van der Waals surface area contributed by atoms with Crippen molar-refractivity contribution in [3.63, 3.8) is 0 Å². The average molecular weight is 750 g/mol. The zero-order valence-corrected chi connectivity index (χ0v) is 35.5. The summed E-state index contributed by atoms with van der Waals surface area (Å²) in [5.41, 5.74) is 0. The molecule has 0 aromatic rings. The van der Waals surface area contributed by atoms with Gasteiger partial charge in [-0.2, -0.15) is 0 Å². The standard InChI is InChI=1S/C47H91NO5/c1-3-5-7-9-11-13-15-16-17-18-19-20-21-25-29-33-37-41-47(52)53-42-38-34-30-26-22-24-28-32-36-40-46(51)48-44(43-49)45(50)39-35-31-27-23-14-12-10-8-6-4-2/h16-17,44-45,49-50H,3-15,18-43H2,1-2H3,(H,48,51)/b17-16-. The maximum atomic E-state index is 12.4. The molecule has 0 spiro atoms. The number of ether oxygens (including phenoxy) is 1. The van der Waals surface area contributed by atoms with Crippen LogP contribution in [0.1, 0.15) is 251 Å². The molecule has 0 fully saturated rings. The van der Waals surface area contributed by atoms with Gasteiger partial charge >= 0.3 is 5.97 Å². The van der Waals surface area contributed by atoms with Gasteiger partial charge in [0.15, 0.2) is 0 Å². The number of allylic oxidation sites excluding steroid dienone is 2. The molecule has 1 amide bonds. The van der Waals surface area contributed by atoms with Gasteiger partial charge in [0.05, 0.1) is 25.4 Å². The SMILES string of the molecule is CCCCCCCC/C=C\CCCCCCCCCC(=O)OCCCCCCCCCCCC(=O)NC(CO)C(O)CCCCCCCCCCCC. The molecule has 0 aromatic heterocycles. The molecule has 0 radical (unpaired) electrons. The van der Waals surface area contributed by atoms with Crippen molar-refractivity contribution < 1.29 is 24.5 Å². The van der Waals surface area contributed by atoms with Crippen LogP contribution < -0.4 is 5.32 Å². The number of carbonyl (C=O) groups excluding carboxylic acids is 2. The Balaban J connectivity index is 3.46. The quantitative estimate of drug-likeness (QED) is 0.0328. The predicted octanol–water partition coefficient (Wildman–Crippen LogP) is 13.4. The van der Waals surface area contributed by atoms with E-state index in [1.807, 2.05) is 0 Å². The summed E-state index contributed by atoms with van der Waals surface area (Å²) < 4.78 is 5.45. The van der Waals surface area contributed by atoms with Gasteiger partial charge in [0.2, 0.25) is 5.91 Å². The van der Waals surface area contributed by atoms with Crippen molar-refractivity contribution in [2.24, 2.45) is 0 Å². The van der Waals surface area contributed by atoms with Crippen LogP contribution >= 0.6 is 0 Å². The van der Waals surface area contributed by atoms with Crippen molar-refractivity contribution in [3.8, 4) is 0 Å². The molecule has 0 aliphatic carbocycles. The lowest BCUT2D eigenvalue weighted by atomic mass is 10.0. The molecule has 6 heteroatoms. The van der Waals surface area contributed by atoms with Crippen molar-refractivity contribution in [2.75, 3.05) is 13.2 Å². The summed E-state index contributed by atoms with van der Waals surface area (Å²) in [5, 5.41) is 23.0. The minimum atomic E-state index is -0.679. The molecular formula is C47H91NO5. The Morgan fingerprint density at radius 1 is 0.509 bits per heavy atom. The normalized spacial score (nSPS) is 12.8. The third kappa shape index (κ3) is 40.1. The molecule has 2 unspecified atom stereocenters. The first-order valence-corrected chi connectivity index (χ1v) is 23.4. The first-order valence-electron chi connectivity index (χ1n) is 23.4. The lowest BCUT2D eigenvalue weighted by Crippen LogP contribution is -2.45. The molecule has 2 atom stereocenters. The second-order valence-electron chi connectivity index (χ2n) is 16.1. The van der Waals surface area contributed by atoms with E-state index in [1.54, 1.807) is 0 Å². The molecular weight excluding hydrogens is 659 g/mol. The fourth-order valence-electron chi connectivity index (χ4n) is 7.16. The Morgan fingerprint density at radius 3 is 1.34 bits per heavy atom. The molecule has 0 rings (SSSR count). The number of esters is 1. The van der Waals surface area contributed by atoms with Crippen LogP contribution in [0.15, 0.2) is 12.2 Å². The van der Waals surface area contributed by atoms with Crippen LogP contribution in [0.4, 0.5) is 0 Å². The van der Waals surface area contributed by atoms with Crippen LogP contribution in [-0.2, 0) is 14.3 Å². The third-order valence-electron chi connectivity index (χ3n) is 10.8. The van der Waals surface area contributed by atoms with Gasteiger partial charge in [-0.05, 0) is 51.4 Å². The van der Waals surface area contributed by atoms with E-state index in [-0.39, 0.29) is 18.5 Å². The molecule has 3 N–H and O–H groups in total. The van der Waals surface area contributed by atoms with Crippen molar-refractivity contribution in [2.45, 2.75) is 264 Å². The van der Waals surface area contributed by atoms with Gasteiger partial charge in [-0.3, -0.25) is 9.59 Å². The number of nitrogens with one attached hydrogen (secondary N) is 1. The largest absolute Gasteiger partial charge is 0.466 e. The smallest absolute Gasteiger partial charge is 0.305 e. The second-order valence-corrected chi connectivity index (χ2v) is 16.1. The van der Waals surface area contributed by atoms with Crippen LogP contribution in [0.2, 0.25) is 0 Å². The fraction of sp³-hybridized carbons (Fsp3) is 0.915. The summed E-state index contributed by atoms with van der Waals surface area (Å²) in [4.78, 5) is 24.4. The Bertz CT molecular complexity index is 787. The Kier molecular flexibility index (Phi) is 42.2. The van der Waals surface area contributed by atoms with Gasteiger partial charge in [-0.1, -0.05) is 199 Å². The van der Waals surface area contributed by atoms with Crippen LogP contribution in [0.3, 0.4) is 0 Å². The topological polar surface area (TPSA) is 95.9 Å². The highest BCUT2D eigenvalue weighted by Gasteiger charge is 2.20. The fourth-order valence-corrected chi connectivity index (χ4v) is 7.16. The second kappa shape index (κ2) is 43.3. The summed E-state index contributed by atoms with van der Waals surface area (Å²) in [7, 11) is 0. The Morgan fingerprint density at radius 2 is 0.887 bits per heavy atom. The van der Waals surface area contributed by atoms with Gasteiger partial charge in [0, 0.05) is 12.8 Å². The van der Waals surface area contributed by atoms with Crippen molar-refractivity contribution in [3.05, 3.63) is 12.2 Å². The maximum absolute atomic E-state index is 12.4. The number of amides is 1. The number of hydrogen-bond acceptors (Lipinski definition) is 5. The number of hydrogen-bond donors (Lipinski definition) is 3. The molecule has 53 heavy (non-hydrogen) atoms. The van der Waals surface area contributed by atoms with E-state index in [2.05, 4.69) is 31.3 Å². The molecule has 0 aromatic carbocycles. The minimum absolute atomic E-state index is 0.0289. The van der Waals surface area contributed by atoms with Gasteiger partial charge in [0.1, 0.15) is 0 Å². The van der Waals surface area contributed by atoms with Crippen LogP contribution in [0.25, 0.3) is 0 Å². The van der Waals surface area contributed by atoms with Gasteiger partial charge in [-0.15, -0.1) is 0 Å². The van der Waals surface area contributed by atoms with Crippen molar-refractivity contribution in [1.82, 2.24) is 5.32 Å². The maximum Gasteiger partial charge on any atom is 0.305 e. The first kappa shape index (κ1) is 51.6. The summed E-state index contributed by atoms with van der Waals surface area (Å²) >= 11 is 0. The van der Waals surface area contributed by atoms with Crippen LogP contribution in [-0.4, -0.2) is 47.4 Å². The molecule has 6 nitrogen and oxygen atoms in total. The van der Waals surface area contributed by atoms with E-state index in [0.29, 0.717) is 25.9 Å². The van der Waals surface area contributed by atoms with Gasteiger partial charge in [0.25, 0.3) is 0 Å². The molecule has 0 saturated heterocycles. The molecule has 0 bridgehead atoms. The molecule has 0 saturated carbocycles. The summed E-state index contributed by atoms with van der Waals surface area (Å²) in [6, 6.07) is -0.559. The summed E-state index contributed by atoms with van der Waals surface area (Å²) in [5.74, 6) is -0.0934. The highest BCUT2D eigenvalue weighted by molar-refractivity contribution is 5.76. The van der Waals surface area contributed by atoms with E-state index >= 15 is 0 Å². The molecule has 0 aliphatic rings. The van der Waals surface area contributed by atoms with E-state index in [1.165, 1.54) is 161 Å². The first-order chi connectivity index (χ1) is 26.0. The lowest BCUT2D eigenvalue weighted by Gasteiger charge is -2.22. The minimum Gasteiger partial charge on any atom is -0.466 e. The zero-order valence-electron chi connectivity index (χ0n) is 35.5. The average Bonchev–Trinajstić information content (AvgIpc) is 3.16. The summed E-state index contributed by atoms with van der Waals surface area (Å²) in [6.07, 6.45) is 47.4. The molecule has 314 valence electrons. The molecule has 0 aliphatic heterocycles. The van der Waals surface area contributed by atoms with Crippen LogP contribution in [0.5, 0.6) is 0 Å². The number of aliphatic hydroxyl groups excluding tert-OH is 2. The number of aliphatic hydroxyl groups is 2. The monoisotopic (exact) mass is 750 g/mol. The highest BCUT2D eigenvalue weighted by Crippen LogP contribution is 2.15. The van der Waals surface area contributed by atoms with Crippen molar-refractivity contribution in [1.29, 1.82) is 0 Å². The number of unbranched alkanes of at least 4 members (excludes halogenated alkanes) is 30. The number of carbonyl (C=O) groups is 2. The van der Waals surface area contributed by atoms with E-state index in [4.69, 9.17) is 4.74 Å². The zero-order chi connectivity index (χ0) is 38.7.